The number of hydrogen-bond donors (Lipinski definition) is 2. The van der Waals surface area contributed by atoms with Gasteiger partial charge in [-0.05, 0) is 23.4 Å². The third-order valence-corrected chi connectivity index (χ3v) is 2.08. The summed E-state index contributed by atoms with van der Waals surface area (Å²) in [7, 11) is 1.60. The average molecular weight is 204 g/mol. The molecule has 0 aromatic heterocycles. The van der Waals surface area contributed by atoms with Gasteiger partial charge < -0.3 is 10.6 Å². The van der Waals surface area contributed by atoms with Gasteiger partial charge in [0.2, 0.25) is 5.91 Å². The van der Waals surface area contributed by atoms with Crippen molar-refractivity contribution in [3.05, 3.63) is 41.6 Å². The van der Waals surface area contributed by atoms with Crippen molar-refractivity contribution in [2.75, 3.05) is 7.05 Å². The molecule has 0 aliphatic carbocycles. The van der Waals surface area contributed by atoms with Gasteiger partial charge in [-0.15, -0.1) is 0 Å². The molecule has 3 heteroatoms. The molecular formula is C12H16N2O. The lowest BCUT2D eigenvalue weighted by Crippen LogP contribution is -2.11. The highest BCUT2D eigenvalue weighted by Gasteiger charge is 1.99. The van der Waals surface area contributed by atoms with Gasteiger partial charge in [-0.25, -0.2) is 0 Å². The Hall–Kier alpha value is -1.77. The minimum Gasteiger partial charge on any atom is -0.387 e. The maximum absolute atomic E-state index is 9.70. The molecule has 0 saturated heterocycles. The van der Waals surface area contributed by atoms with Crippen molar-refractivity contribution >= 4 is 12.0 Å². The highest BCUT2D eigenvalue weighted by atomic mass is 16.1. The van der Waals surface area contributed by atoms with Gasteiger partial charge in [0, 0.05) is 20.5 Å². The molecule has 1 heterocycles. The summed E-state index contributed by atoms with van der Waals surface area (Å²) < 4.78 is 0. The van der Waals surface area contributed by atoms with Crippen LogP contribution in [0.2, 0.25) is 0 Å². The molecule has 1 aromatic carbocycles. The van der Waals surface area contributed by atoms with Crippen LogP contribution in [0.15, 0.2) is 30.5 Å². The zero-order chi connectivity index (χ0) is 11.1. The third-order valence-electron chi connectivity index (χ3n) is 2.08. The van der Waals surface area contributed by atoms with Crippen LogP contribution in [0.25, 0.3) is 6.08 Å². The van der Waals surface area contributed by atoms with Crippen molar-refractivity contribution in [3.8, 4) is 0 Å². The average Bonchev–Trinajstić information content (AvgIpc) is 2.30. The summed E-state index contributed by atoms with van der Waals surface area (Å²) in [5.41, 5.74) is 2.71. The number of nitrogens with one attached hydrogen (secondary N) is 2. The van der Waals surface area contributed by atoms with E-state index in [1.807, 2.05) is 6.20 Å². The molecular weight excluding hydrogens is 188 g/mol. The molecule has 1 aromatic rings. The first kappa shape index (κ1) is 11.3. The van der Waals surface area contributed by atoms with E-state index < -0.39 is 0 Å². The monoisotopic (exact) mass is 204 g/mol. The van der Waals surface area contributed by atoms with Crippen LogP contribution in [-0.4, -0.2) is 13.0 Å². The molecule has 1 aliphatic rings. The summed E-state index contributed by atoms with van der Waals surface area (Å²) >= 11 is 0. The minimum absolute atomic E-state index is 0.00463. The lowest BCUT2D eigenvalue weighted by atomic mass is 10.1. The molecule has 80 valence electrons. The van der Waals surface area contributed by atoms with Crippen molar-refractivity contribution in [2.45, 2.75) is 13.5 Å². The van der Waals surface area contributed by atoms with Crippen LogP contribution in [-0.2, 0) is 11.3 Å². The molecule has 2 N–H and O–H groups in total. The second-order valence-corrected chi connectivity index (χ2v) is 3.22. The molecule has 1 aliphatic heterocycles. The van der Waals surface area contributed by atoms with Crippen LogP contribution in [0, 0.1) is 0 Å². The molecule has 0 bridgehead atoms. The lowest BCUT2D eigenvalue weighted by molar-refractivity contribution is -0.118. The largest absolute Gasteiger partial charge is 0.387 e. The van der Waals surface area contributed by atoms with E-state index in [0.717, 1.165) is 6.54 Å². The first-order valence-corrected chi connectivity index (χ1v) is 4.90. The number of fused-ring (bicyclic) bond motifs is 1. The van der Waals surface area contributed by atoms with E-state index in [-0.39, 0.29) is 5.91 Å². The van der Waals surface area contributed by atoms with Crippen LogP contribution >= 0.6 is 0 Å². The first-order valence-electron chi connectivity index (χ1n) is 4.90. The predicted octanol–water partition coefficient (Wildman–Crippen LogP) is 1.51. The molecule has 0 atom stereocenters. The summed E-state index contributed by atoms with van der Waals surface area (Å²) in [5.74, 6) is 0.00463. The first-order chi connectivity index (χ1) is 7.24. The maximum atomic E-state index is 9.70. The molecule has 0 unspecified atom stereocenters. The number of rotatable bonds is 0. The van der Waals surface area contributed by atoms with E-state index in [2.05, 4.69) is 41.0 Å². The highest BCUT2D eigenvalue weighted by molar-refractivity contribution is 5.72. The fourth-order valence-electron chi connectivity index (χ4n) is 1.18. The van der Waals surface area contributed by atoms with E-state index in [4.69, 9.17) is 0 Å². The van der Waals surface area contributed by atoms with E-state index >= 15 is 0 Å². The summed E-state index contributed by atoms with van der Waals surface area (Å²) in [6.45, 7) is 2.44. The molecule has 15 heavy (non-hydrogen) atoms. The van der Waals surface area contributed by atoms with E-state index in [0.29, 0.717) is 0 Å². The predicted molar refractivity (Wildman–Crippen MR) is 62.1 cm³/mol. The van der Waals surface area contributed by atoms with Gasteiger partial charge >= 0.3 is 0 Å². The SMILES string of the molecule is C1=Cc2ccccc2CN1.CNC(C)=O. The highest BCUT2D eigenvalue weighted by Crippen LogP contribution is 2.12. The summed E-state index contributed by atoms with van der Waals surface area (Å²) in [6.07, 6.45) is 4.08. The van der Waals surface area contributed by atoms with E-state index in [1.54, 1.807) is 7.05 Å². The normalized spacial score (nSPS) is 11.6. The lowest BCUT2D eigenvalue weighted by Gasteiger charge is -2.10. The van der Waals surface area contributed by atoms with Gasteiger partial charge in [-0.2, -0.15) is 0 Å². The summed E-state index contributed by atoms with van der Waals surface area (Å²) in [5, 5.41) is 5.55. The standard InChI is InChI=1S/C9H9N.C3H7NO/c1-2-4-9-7-10-6-5-8(9)3-1;1-3(5)4-2/h1-6,10H,7H2;1-2H3,(H,4,5). The Morgan fingerprint density at radius 1 is 1.40 bits per heavy atom. The number of carbonyl (C=O) groups is 1. The third kappa shape index (κ3) is 3.85. The van der Waals surface area contributed by atoms with Crippen molar-refractivity contribution in [1.82, 2.24) is 10.6 Å². The Morgan fingerprint density at radius 3 is 2.67 bits per heavy atom. The smallest absolute Gasteiger partial charge is 0.216 e. The van der Waals surface area contributed by atoms with Crippen molar-refractivity contribution in [1.29, 1.82) is 0 Å². The summed E-state index contributed by atoms with van der Waals surface area (Å²) in [4.78, 5) is 9.70. The van der Waals surface area contributed by atoms with Crippen LogP contribution in [0.5, 0.6) is 0 Å². The summed E-state index contributed by atoms with van der Waals surface area (Å²) in [6, 6.07) is 8.41. The fraction of sp³-hybridized carbons (Fsp3) is 0.250. The van der Waals surface area contributed by atoms with Crippen molar-refractivity contribution < 1.29 is 4.79 Å². The number of carbonyl (C=O) groups excluding carboxylic acids is 1. The molecule has 0 radical (unpaired) electrons. The fourth-order valence-corrected chi connectivity index (χ4v) is 1.18. The van der Waals surface area contributed by atoms with Crippen LogP contribution in [0.4, 0.5) is 0 Å². The zero-order valence-electron chi connectivity index (χ0n) is 9.08. The van der Waals surface area contributed by atoms with Gasteiger partial charge in [0.25, 0.3) is 0 Å². The molecule has 0 saturated carbocycles. The van der Waals surface area contributed by atoms with Gasteiger partial charge in [-0.1, -0.05) is 24.3 Å². The van der Waals surface area contributed by atoms with Crippen LogP contribution in [0.3, 0.4) is 0 Å². The van der Waals surface area contributed by atoms with Crippen LogP contribution in [0.1, 0.15) is 18.1 Å². The number of hydrogen-bond acceptors (Lipinski definition) is 2. The van der Waals surface area contributed by atoms with Gasteiger partial charge in [0.15, 0.2) is 0 Å². The number of amides is 1. The molecule has 3 nitrogen and oxygen atoms in total. The second-order valence-electron chi connectivity index (χ2n) is 3.22. The Labute approximate surface area is 90.2 Å². The van der Waals surface area contributed by atoms with Gasteiger partial charge in [-0.3, -0.25) is 4.79 Å². The molecule has 0 spiro atoms. The molecule has 0 fully saturated rings. The molecule has 1 amide bonds. The van der Waals surface area contributed by atoms with Gasteiger partial charge in [0.05, 0.1) is 0 Å². The second kappa shape index (κ2) is 5.86. The topological polar surface area (TPSA) is 41.1 Å². The van der Waals surface area contributed by atoms with E-state index in [1.165, 1.54) is 18.1 Å². The van der Waals surface area contributed by atoms with Crippen molar-refractivity contribution in [2.24, 2.45) is 0 Å². The quantitative estimate of drug-likeness (QED) is 0.672. The Balaban J connectivity index is 0.000000195. The minimum atomic E-state index is 0.00463. The van der Waals surface area contributed by atoms with Crippen molar-refractivity contribution in [3.63, 3.8) is 0 Å². The Bertz CT molecular complexity index is 358. The molecule has 2 rings (SSSR count). The maximum Gasteiger partial charge on any atom is 0.216 e. The van der Waals surface area contributed by atoms with E-state index in [9.17, 15) is 4.79 Å². The Morgan fingerprint density at radius 2 is 2.07 bits per heavy atom. The van der Waals surface area contributed by atoms with Crippen LogP contribution < -0.4 is 10.6 Å². The van der Waals surface area contributed by atoms with Gasteiger partial charge in [0.1, 0.15) is 0 Å². The Kier molecular flexibility index (Phi) is 4.41. The number of benzene rings is 1. The zero-order valence-corrected chi connectivity index (χ0v) is 9.08.